The largest absolute Gasteiger partial charge is 0.352 e. The Morgan fingerprint density at radius 1 is 0.867 bits per heavy atom. The van der Waals surface area contributed by atoms with Gasteiger partial charge in [-0.2, -0.15) is 0 Å². The molecule has 0 unspecified atom stereocenters. The number of carbonyl (C=O) groups is 2. The van der Waals surface area contributed by atoms with Crippen molar-refractivity contribution in [3.05, 3.63) is 130 Å². The topological polar surface area (TPSA) is 86.8 Å². The molecular weight excluding hydrogens is 657 g/mol. The lowest BCUT2D eigenvalue weighted by molar-refractivity contribution is -0.140. The van der Waals surface area contributed by atoms with Gasteiger partial charge in [0.25, 0.3) is 10.0 Å². The second-order valence-corrected chi connectivity index (χ2v) is 13.8. The van der Waals surface area contributed by atoms with Gasteiger partial charge in [0.05, 0.1) is 10.6 Å². The molecule has 0 saturated heterocycles. The van der Waals surface area contributed by atoms with Gasteiger partial charge in [-0.25, -0.2) is 12.8 Å². The van der Waals surface area contributed by atoms with Gasteiger partial charge < -0.3 is 10.2 Å². The van der Waals surface area contributed by atoms with Crippen LogP contribution in [0.5, 0.6) is 0 Å². The third-order valence-electron chi connectivity index (χ3n) is 7.54. The normalized spacial score (nSPS) is 12.6. The molecule has 4 aromatic carbocycles. The highest BCUT2D eigenvalue weighted by Crippen LogP contribution is 2.26. The van der Waals surface area contributed by atoms with Crippen LogP contribution >= 0.6 is 15.9 Å². The van der Waals surface area contributed by atoms with Crippen molar-refractivity contribution in [3.63, 3.8) is 0 Å². The zero-order valence-corrected chi connectivity index (χ0v) is 27.9. The van der Waals surface area contributed by atoms with Gasteiger partial charge in [0.2, 0.25) is 11.8 Å². The highest BCUT2D eigenvalue weighted by Gasteiger charge is 2.35. The number of hydrogen-bond acceptors (Lipinski definition) is 4. The second-order valence-electron chi connectivity index (χ2n) is 11.0. The SMILES string of the molecule is CC[C@@H](C)NC(=O)[C@@H](Cc1ccccc1)N(Cc1ccc(Br)cc1)C(=O)CN(c1ccc(F)cc1)S(=O)(=O)c1ccc(C)cc1. The summed E-state index contributed by atoms with van der Waals surface area (Å²) in [5.41, 5.74) is 2.60. The summed E-state index contributed by atoms with van der Waals surface area (Å²) in [7, 11) is -4.26. The molecule has 0 aliphatic rings. The summed E-state index contributed by atoms with van der Waals surface area (Å²) in [5, 5.41) is 3.02. The first-order chi connectivity index (χ1) is 21.5. The van der Waals surface area contributed by atoms with E-state index in [1.165, 1.54) is 29.2 Å². The summed E-state index contributed by atoms with van der Waals surface area (Å²) >= 11 is 3.44. The van der Waals surface area contributed by atoms with E-state index in [0.717, 1.165) is 37.6 Å². The Balaban J connectivity index is 1.80. The van der Waals surface area contributed by atoms with Crippen LogP contribution in [-0.2, 0) is 32.6 Å². The Bertz CT molecular complexity index is 1680. The molecule has 0 radical (unpaired) electrons. The first-order valence-electron chi connectivity index (χ1n) is 14.7. The fourth-order valence-corrected chi connectivity index (χ4v) is 6.43. The van der Waals surface area contributed by atoms with Crippen LogP contribution in [0.4, 0.5) is 10.1 Å². The molecule has 2 atom stereocenters. The van der Waals surface area contributed by atoms with Crippen LogP contribution in [0.15, 0.2) is 112 Å². The summed E-state index contributed by atoms with van der Waals surface area (Å²) in [6.45, 7) is 5.13. The van der Waals surface area contributed by atoms with Crippen molar-refractivity contribution in [1.82, 2.24) is 10.2 Å². The van der Waals surface area contributed by atoms with E-state index < -0.39 is 34.3 Å². The van der Waals surface area contributed by atoms with Crippen molar-refractivity contribution in [2.75, 3.05) is 10.8 Å². The Morgan fingerprint density at radius 3 is 2.09 bits per heavy atom. The minimum absolute atomic E-state index is 0.0139. The van der Waals surface area contributed by atoms with Crippen molar-refractivity contribution < 1.29 is 22.4 Å². The Morgan fingerprint density at radius 2 is 1.49 bits per heavy atom. The van der Waals surface area contributed by atoms with Crippen LogP contribution in [0, 0.1) is 12.7 Å². The average Bonchev–Trinajstić information content (AvgIpc) is 3.03. The van der Waals surface area contributed by atoms with Gasteiger partial charge in [-0.05, 0) is 79.9 Å². The molecule has 1 N–H and O–H groups in total. The van der Waals surface area contributed by atoms with Crippen molar-refractivity contribution in [1.29, 1.82) is 0 Å². The molecule has 0 fully saturated rings. The predicted molar refractivity (Wildman–Crippen MR) is 179 cm³/mol. The summed E-state index contributed by atoms with van der Waals surface area (Å²) in [5.74, 6) is -1.47. The Hall–Kier alpha value is -4.02. The van der Waals surface area contributed by atoms with E-state index in [1.54, 1.807) is 12.1 Å². The van der Waals surface area contributed by atoms with Crippen molar-refractivity contribution in [3.8, 4) is 0 Å². The molecular formula is C35H37BrFN3O4S. The Labute approximate surface area is 273 Å². The monoisotopic (exact) mass is 693 g/mol. The number of nitrogens with zero attached hydrogens (tertiary/aromatic N) is 2. The maximum atomic E-state index is 14.4. The van der Waals surface area contributed by atoms with E-state index >= 15 is 0 Å². The number of rotatable bonds is 13. The first kappa shape index (κ1) is 33.9. The number of nitrogens with one attached hydrogen (secondary N) is 1. The molecule has 0 bridgehead atoms. The van der Waals surface area contributed by atoms with Crippen LogP contribution in [-0.4, -0.2) is 43.8 Å². The first-order valence-corrected chi connectivity index (χ1v) is 16.9. The quantitative estimate of drug-likeness (QED) is 0.170. The smallest absolute Gasteiger partial charge is 0.264 e. The van der Waals surface area contributed by atoms with Crippen LogP contribution in [0.1, 0.15) is 37.0 Å². The van der Waals surface area contributed by atoms with Gasteiger partial charge >= 0.3 is 0 Å². The standard InChI is InChI=1S/C35H37BrFN3O4S/c1-4-26(3)38-35(42)33(22-27-8-6-5-7-9-27)39(23-28-12-14-29(36)15-13-28)34(41)24-40(31-18-16-30(37)17-19-31)45(43,44)32-20-10-25(2)11-21-32/h5-21,26,33H,4,22-24H2,1-3H3,(H,38,42)/t26-,33-/m1/s1. The van der Waals surface area contributed by atoms with E-state index in [1.807, 2.05) is 75.4 Å². The Kier molecular flexibility index (Phi) is 11.5. The number of amides is 2. The minimum Gasteiger partial charge on any atom is -0.352 e. The average molecular weight is 695 g/mol. The third-order valence-corrected chi connectivity index (χ3v) is 9.86. The molecule has 4 aromatic rings. The molecule has 45 heavy (non-hydrogen) atoms. The minimum atomic E-state index is -4.26. The molecule has 0 aromatic heterocycles. The molecule has 0 spiro atoms. The van der Waals surface area contributed by atoms with E-state index in [0.29, 0.717) is 6.42 Å². The zero-order valence-electron chi connectivity index (χ0n) is 25.5. The van der Waals surface area contributed by atoms with E-state index in [2.05, 4.69) is 21.2 Å². The number of sulfonamides is 1. The maximum Gasteiger partial charge on any atom is 0.264 e. The number of anilines is 1. The molecule has 236 valence electrons. The number of halogens is 2. The van der Waals surface area contributed by atoms with Crippen molar-refractivity contribution in [2.45, 2.75) is 57.1 Å². The highest BCUT2D eigenvalue weighted by atomic mass is 79.9. The molecule has 0 aliphatic carbocycles. The molecule has 4 rings (SSSR count). The molecule has 2 amide bonds. The fraction of sp³-hybridized carbons (Fsp3) is 0.257. The van der Waals surface area contributed by atoms with Crippen molar-refractivity contribution >= 4 is 43.5 Å². The van der Waals surface area contributed by atoms with Gasteiger partial charge in [-0.1, -0.05) is 83.0 Å². The van der Waals surface area contributed by atoms with Gasteiger partial charge in [-0.15, -0.1) is 0 Å². The number of aryl methyl sites for hydroxylation is 1. The summed E-state index contributed by atoms with van der Waals surface area (Å²) in [4.78, 5) is 29.7. The van der Waals surface area contributed by atoms with Crippen LogP contribution in [0.3, 0.4) is 0 Å². The molecule has 7 nitrogen and oxygen atoms in total. The lowest BCUT2D eigenvalue weighted by atomic mass is 10.0. The predicted octanol–water partition coefficient (Wildman–Crippen LogP) is 6.65. The van der Waals surface area contributed by atoms with Gasteiger partial charge in [0.15, 0.2) is 0 Å². The summed E-state index contributed by atoms with van der Waals surface area (Å²) in [6, 6.07) is 26.9. The van der Waals surface area contributed by atoms with Gasteiger partial charge in [0.1, 0.15) is 18.4 Å². The van der Waals surface area contributed by atoms with E-state index in [9.17, 15) is 22.4 Å². The highest BCUT2D eigenvalue weighted by molar-refractivity contribution is 9.10. The fourth-order valence-electron chi connectivity index (χ4n) is 4.76. The second kappa shape index (κ2) is 15.3. The van der Waals surface area contributed by atoms with E-state index in [-0.39, 0.29) is 35.5 Å². The summed E-state index contributed by atoms with van der Waals surface area (Å²) in [6.07, 6.45) is 0.907. The van der Waals surface area contributed by atoms with Crippen molar-refractivity contribution in [2.24, 2.45) is 0 Å². The van der Waals surface area contributed by atoms with E-state index in [4.69, 9.17) is 0 Å². The van der Waals surface area contributed by atoms with Crippen LogP contribution in [0.25, 0.3) is 0 Å². The molecule has 0 saturated carbocycles. The lowest BCUT2D eigenvalue weighted by Crippen LogP contribution is -2.54. The van der Waals surface area contributed by atoms with Crippen LogP contribution in [0.2, 0.25) is 0 Å². The number of benzene rings is 4. The maximum absolute atomic E-state index is 14.4. The summed E-state index contributed by atoms with van der Waals surface area (Å²) < 4.78 is 43.8. The lowest BCUT2D eigenvalue weighted by Gasteiger charge is -2.34. The molecule has 0 aliphatic heterocycles. The van der Waals surface area contributed by atoms with Crippen LogP contribution < -0.4 is 9.62 Å². The molecule has 0 heterocycles. The molecule has 10 heteroatoms. The zero-order chi connectivity index (χ0) is 32.6. The number of hydrogen-bond donors (Lipinski definition) is 1. The third kappa shape index (κ3) is 9.02. The van der Waals surface area contributed by atoms with Gasteiger partial charge in [-0.3, -0.25) is 13.9 Å². The number of carbonyl (C=O) groups excluding carboxylic acids is 2. The van der Waals surface area contributed by atoms with Gasteiger partial charge in [0, 0.05) is 23.5 Å².